The lowest BCUT2D eigenvalue weighted by Crippen LogP contribution is -2.38. The van der Waals surface area contributed by atoms with Crippen LogP contribution >= 0.6 is 0 Å². The molecule has 1 saturated heterocycles. The maximum absolute atomic E-state index is 12.3. The fourth-order valence-electron chi connectivity index (χ4n) is 2.95. The number of primary amides is 1. The van der Waals surface area contributed by atoms with Crippen LogP contribution in [-0.2, 0) is 9.59 Å². The number of nitrogens with zero attached hydrogens (tertiary/aromatic N) is 1. The highest BCUT2D eigenvalue weighted by molar-refractivity contribution is 5.92. The molecule has 24 heavy (non-hydrogen) atoms. The van der Waals surface area contributed by atoms with E-state index in [2.05, 4.69) is 0 Å². The van der Waals surface area contributed by atoms with E-state index in [0.717, 1.165) is 18.4 Å². The lowest BCUT2D eigenvalue weighted by Gasteiger charge is -2.30. The van der Waals surface area contributed by atoms with Gasteiger partial charge in [-0.1, -0.05) is 12.1 Å². The number of likely N-dealkylation sites (tertiary alicyclic amines) is 1. The molecule has 2 amide bonds. The third kappa shape index (κ3) is 4.50. The van der Waals surface area contributed by atoms with Crippen LogP contribution in [0.3, 0.4) is 0 Å². The van der Waals surface area contributed by atoms with E-state index in [1.165, 1.54) is 0 Å². The van der Waals surface area contributed by atoms with E-state index < -0.39 is 0 Å². The molecule has 1 aliphatic heterocycles. The van der Waals surface area contributed by atoms with E-state index in [1.807, 2.05) is 18.2 Å². The van der Waals surface area contributed by atoms with Crippen molar-refractivity contribution in [3.8, 4) is 11.5 Å². The van der Waals surface area contributed by atoms with Gasteiger partial charge in [0.25, 0.3) is 0 Å². The molecular weight excluding hydrogens is 308 g/mol. The predicted octanol–water partition coefficient (Wildman–Crippen LogP) is 1.83. The number of carbonyl (C=O) groups excluding carboxylic acids is 2. The molecule has 0 bridgehead atoms. The Morgan fingerprint density at radius 3 is 2.54 bits per heavy atom. The summed E-state index contributed by atoms with van der Waals surface area (Å²) in [5.74, 6) is 1.19. The van der Waals surface area contributed by atoms with Crippen molar-refractivity contribution in [3.63, 3.8) is 0 Å². The molecule has 0 aliphatic carbocycles. The summed E-state index contributed by atoms with van der Waals surface area (Å²) in [4.78, 5) is 25.1. The Balaban J connectivity index is 1.98. The highest BCUT2D eigenvalue weighted by Crippen LogP contribution is 2.31. The van der Waals surface area contributed by atoms with Gasteiger partial charge in [-0.2, -0.15) is 0 Å². The zero-order chi connectivity index (χ0) is 17.5. The highest BCUT2D eigenvalue weighted by Gasteiger charge is 2.22. The van der Waals surface area contributed by atoms with Crippen molar-refractivity contribution >= 4 is 17.9 Å². The molecule has 0 unspecified atom stereocenters. The molecule has 0 spiro atoms. The molecule has 2 rings (SSSR count). The Labute approximate surface area is 142 Å². The summed E-state index contributed by atoms with van der Waals surface area (Å²) in [7, 11) is 3.15. The van der Waals surface area contributed by atoms with Gasteiger partial charge in [-0.05, 0) is 30.9 Å². The smallest absolute Gasteiger partial charge is 0.246 e. The largest absolute Gasteiger partial charge is 0.493 e. The van der Waals surface area contributed by atoms with Crippen molar-refractivity contribution in [2.45, 2.75) is 19.3 Å². The number of hydrogen-bond acceptors (Lipinski definition) is 4. The van der Waals surface area contributed by atoms with Crippen LogP contribution in [-0.4, -0.2) is 44.0 Å². The van der Waals surface area contributed by atoms with Crippen molar-refractivity contribution in [3.05, 3.63) is 29.8 Å². The summed E-state index contributed by atoms with van der Waals surface area (Å²) in [6.07, 6.45) is 5.31. The van der Waals surface area contributed by atoms with E-state index in [9.17, 15) is 9.59 Å². The van der Waals surface area contributed by atoms with Gasteiger partial charge in [0, 0.05) is 31.1 Å². The Hall–Kier alpha value is -2.50. The quantitative estimate of drug-likeness (QED) is 0.806. The van der Waals surface area contributed by atoms with Gasteiger partial charge in [0.2, 0.25) is 11.8 Å². The molecule has 0 radical (unpaired) electrons. The zero-order valence-corrected chi connectivity index (χ0v) is 14.2. The Bertz CT molecular complexity index is 619. The number of methoxy groups -OCH3 is 2. The molecule has 1 aromatic rings. The van der Waals surface area contributed by atoms with Crippen LogP contribution in [0.25, 0.3) is 6.08 Å². The SMILES string of the molecule is COc1cccc(/C=C\C(=O)N2CCC(CC(N)=O)CC2)c1OC. The number of piperidine rings is 1. The zero-order valence-electron chi connectivity index (χ0n) is 14.2. The Morgan fingerprint density at radius 1 is 1.25 bits per heavy atom. The van der Waals surface area contributed by atoms with Crippen LogP contribution in [0.1, 0.15) is 24.8 Å². The van der Waals surface area contributed by atoms with Gasteiger partial charge >= 0.3 is 0 Å². The first-order valence-corrected chi connectivity index (χ1v) is 8.01. The lowest BCUT2D eigenvalue weighted by molar-refractivity contribution is -0.127. The molecule has 2 N–H and O–H groups in total. The first-order chi connectivity index (χ1) is 11.5. The Kier molecular flexibility index (Phi) is 6.23. The number of hydrogen-bond donors (Lipinski definition) is 1. The Morgan fingerprint density at radius 2 is 1.96 bits per heavy atom. The van der Waals surface area contributed by atoms with E-state index in [0.29, 0.717) is 31.0 Å². The molecule has 1 heterocycles. The van der Waals surface area contributed by atoms with Crippen LogP contribution < -0.4 is 15.2 Å². The molecule has 6 heteroatoms. The van der Waals surface area contributed by atoms with Gasteiger partial charge in [-0.15, -0.1) is 0 Å². The number of carbonyl (C=O) groups is 2. The summed E-state index contributed by atoms with van der Waals surface area (Å²) in [6.45, 7) is 1.30. The second kappa shape index (κ2) is 8.38. The van der Waals surface area contributed by atoms with Crippen molar-refractivity contribution in [1.82, 2.24) is 4.90 Å². The molecule has 1 aromatic carbocycles. The summed E-state index contributed by atoms with van der Waals surface area (Å²) < 4.78 is 10.6. The fourth-order valence-corrected chi connectivity index (χ4v) is 2.95. The minimum atomic E-state index is -0.273. The summed E-state index contributed by atoms with van der Waals surface area (Å²) in [5.41, 5.74) is 6.01. The van der Waals surface area contributed by atoms with Gasteiger partial charge in [0.05, 0.1) is 14.2 Å². The van der Waals surface area contributed by atoms with Gasteiger partial charge in [0.1, 0.15) is 0 Å². The molecule has 6 nitrogen and oxygen atoms in total. The van der Waals surface area contributed by atoms with E-state index >= 15 is 0 Å². The van der Waals surface area contributed by atoms with E-state index in [-0.39, 0.29) is 17.7 Å². The average molecular weight is 332 g/mol. The van der Waals surface area contributed by atoms with Crippen LogP contribution in [0.4, 0.5) is 0 Å². The second-order valence-corrected chi connectivity index (χ2v) is 5.86. The number of amides is 2. The standard InChI is InChI=1S/C18H24N2O4/c1-23-15-5-3-4-14(18(15)24-2)6-7-17(22)20-10-8-13(9-11-20)12-16(19)21/h3-7,13H,8-12H2,1-2H3,(H2,19,21)/b7-6-. The van der Waals surface area contributed by atoms with Crippen LogP contribution in [0.2, 0.25) is 0 Å². The molecule has 0 saturated carbocycles. The van der Waals surface area contributed by atoms with Crippen molar-refractivity contribution in [2.24, 2.45) is 11.7 Å². The summed E-state index contributed by atoms with van der Waals surface area (Å²) in [6, 6.07) is 5.52. The number of para-hydroxylation sites is 1. The minimum absolute atomic E-state index is 0.0441. The lowest BCUT2D eigenvalue weighted by atomic mass is 9.93. The number of rotatable bonds is 6. The van der Waals surface area contributed by atoms with Crippen molar-refractivity contribution < 1.29 is 19.1 Å². The van der Waals surface area contributed by atoms with Crippen LogP contribution in [0.5, 0.6) is 11.5 Å². The first kappa shape index (κ1) is 17.8. The monoisotopic (exact) mass is 332 g/mol. The molecular formula is C18H24N2O4. The van der Waals surface area contributed by atoms with Gasteiger partial charge in [-0.3, -0.25) is 9.59 Å². The van der Waals surface area contributed by atoms with E-state index in [4.69, 9.17) is 15.2 Å². The maximum Gasteiger partial charge on any atom is 0.246 e. The van der Waals surface area contributed by atoms with Crippen LogP contribution in [0.15, 0.2) is 24.3 Å². The molecule has 1 fully saturated rings. The molecule has 0 atom stereocenters. The fraction of sp³-hybridized carbons (Fsp3) is 0.444. The predicted molar refractivity (Wildman–Crippen MR) is 91.7 cm³/mol. The van der Waals surface area contributed by atoms with Gasteiger partial charge in [0.15, 0.2) is 11.5 Å². The molecule has 1 aliphatic rings. The summed E-state index contributed by atoms with van der Waals surface area (Å²) in [5, 5.41) is 0. The third-order valence-electron chi connectivity index (χ3n) is 4.25. The topological polar surface area (TPSA) is 81.9 Å². The van der Waals surface area contributed by atoms with Crippen LogP contribution in [0, 0.1) is 5.92 Å². The second-order valence-electron chi connectivity index (χ2n) is 5.86. The number of ether oxygens (including phenoxy) is 2. The van der Waals surface area contributed by atoms with E-state index in [1.54, 1.807) is 31.3 Å². The number of benzene rings is 1. The highest BCUT2D eigenvalue weighted by atomic mass is 16.5. The average Bonchev–Trinajstić information content (AvgIpc) is 2.59. The first-order valence-electron chi connectivity index (χ1n) is 8.01. The van der Waals surface area contributed by atoms with Crippen molar-refractivity contribution in [2.75, 3.05) is 27.3 Å². The van der Waals surface area contributed by atoms with Crippen molar-refractivity contribution in [1.29, 1.82) is 0 Å². The van der Waals surface area contributed by atoms with Gasteiger partial charge in [-0.25, -0.2) is 0 Å². The molecule has 130 valence electrons. The molecule has 0 aromatic heterocycles. The maximum atomic E-state index is 12.3. The van der Waals surface area contributed by atoms with Gasteiger partial charge < -0.3 is 20.1 Å². The summed E-state index contributed by atoms with van der Waals surface area (Å²) >= 11 is 0. The minimum Gasteiger partial charge on any atom is -0.493 e. The third-order valence-corrected chi connectivity index (χ3v) is 4.25. The normalized spacial score (nSPS) is 15.5. The number of nitrogens with two attached hydrogens (primary N) is 1.